The van der Waals surface area contributed by atoms with Crippen molar-refractivity contribution in [2.45, 2.75) is 60.8 Å². The van der Waals surface area contributed by atoms with Crippen LogP contribution in [-0.2, 0) is 19.3 Å². The molecule has 0 radical (unpaired) electrons. The van der Waals surface area contributed by atoms with E-state index in [1.54, 1.807) is 5.56 Å². The Morgan fingerprint density at radius 3 is 1.48 bits per heavy atom. The molecule has 0 amide bonds. The van der Waals surface area contributed by atoms with Crippen LogP contribution in [0.4, 0.5) is 0 Å². The Bertz CT molecular complexity index is 601. The van der Waals surface area contributed by atoms with Crippen molar-refractivity contribution in [1.82, 2.24) is 0 Å². The fourth-order valence-corrected chi connectivity index (χ4v) is 3.16. The lowest BCUT2D eigenvalue weighted by atomic mass is 9.87. The number of benzene rings is 2. The van der Waals surface area contributed by atoms with Crippen LogP contribution >= 0.6 is 0 Å². The maximum atomic E-state index is 2.29. The molecule has 2 aromatic carbocycles. The van der Waals surface area contributed by atoms with Gasteiger partial charge in [-0.15, -0.1) is 0 Å². The van der Waals surface area contributed by atoms with E-state index in [0.29, 0.717) is 0 Å². The Morgan fingerprint density at radius 2 is 1.00 bits per heavy atom. The molecule has 0 bridgehead atoms. The number of hydrogen-bond acceptors (Lipinski definition) is 0. The van der Waals surface area contributed by atoms with Gasteiger partial charge >= 0.3 is 0 Å². The minimum Gasteiger partial charge on any atom is -0.0613 e. The van der Waals surface area contributed by atoms with Gasteiger partial charge in [-0.3, -0.25) is 0 Å². The summed E-state index contributed by atoms with van der Waals surface area (Å²) >= 11 is 0. The summed E-state index contributed by atoms with van der Waals surface area (Å²) in [5, 5.41) is 0. The predicted molar refractivity (Wildman–Crippen MR) is 93.4 cm³/mol. The zero-order valence-electron chi connectivity index (χ0n) is 14.4. The molecule has 0 aliphatic carbocycles. The molecule has 0 unspecified atom stereocenters. The molecule has 0 nitrogen and oxygen atoms in total. The second-order valence-corrected chi connectivity index (χ2v) is 6.27. The van der Waals surface area contributed by atoms with Gasteiger partial charge in [0.2, 0.25) is 0 Å². The number of rotatable bonds is 4. The first-order valence-corrected chi connectivity index (χ1v) is 8.09. The molecule has 0 saturated carbocycles. The van der Waals surface area contributed by atoms with E-state index in [-0.39, 0.29) is 0 Å². The molecule has 2 aromatic rings. The summed E-state index contributed by atoms with van der Waals surface area (Å²) in [7, 11) is 0. The third kappa shape index (κ3) is 3.20. The fraction of sp³-hybridized carbons (Fsp3) is 0.429. The van der Waals surface area contributed by atoms with E-state index in [1.807, 2.05) is 0 Å². The van der Waals surface area contributed by atoms with Gasteiger partial charge in [0.25, 0.3) is 0 Å². The fourth-order valence-electron chi connectivity index (χ4n) is 3.16. The van der Waals surface area contributed by atoms with Crippen LogP contribution in [0.2, 0.25) is 0 Å². The van der Waals surface area contributed by atoms with E-state index >= 15 is 0 Å². The molecule has 0 aromatic heterocycles. The van der Waals surface area contributed by atoms with Crippen LogP contribution in [0, 0.1) is 34.6 Å². The topological polar surface area (TPSA) is 0 Å². The zero-order valence-corrected chi connectivity index (χ0v) is 14.4. The molecule has 0 saturated heterocycles. The maximum Gasteiger partial charge on any atom is -0.0233 e. The Labute approximate surface area is 130 Å². The molecule has 112 valence electrons. The van der Waals surface area contributed by atoms with Crippen molar-refractivity contribution < 1.29 is 0 Å². The van der Waals surface area contributed by atoms with Gasteiger partial charge < -0.3 is 0 Å². The first-order valence-electron chi connectivity index (χ1n) is 8.09. The van der Waals surface area contributed by atoms with Crippen LogP contribution in [-0.4, -0.2) is 0 Å². The monoisotopic (exact) mass is 280 g/mol. The molecular weight excluding hydrogens is 252 g/mol. The molecule has 0 heterocycles. The Hall–Kier alpha value is -1.56. The second-order valence-electron chi connectivity index (χ2n) is 6.27. The van der Waals surface area contributed by atoms with Crippen LogP contribution < -0.4 is 0 Å². The van der Waals surface area contributed by atoms with Gasteiger partial charge in [-0.25, -0.2) is 0 Å². The van der Waals surface area contributed by atoms with Crippen LogP contribution in [0.5, 0.6) is 0 Å². The average Bonchev–Trinajstić information content (AvgIpc) is 2.51. The highest BCUT2D eigenvalue weighted by molar-refractivity contribution is 5.49. The van der Waals surface area contributed by atoms with Crippen LogP contribution in [0.1, 0.15) is 51.4 Å². The summed E-state index contributed by atoms with van der Waals surface area (Å²) in [6.45, 7) is 13.5. The van der Waals surface area contributed by atoms with Crippen LogP contribution in [0.15, 0.2) is 24.3 Å². The first-order chi connectivity index (χ1) is 9.95. The van der Waals surface area contributed by atoms with Gasteiger partial charge in [-0.2, -0.15) is 0 Å². The largest absolute Gasteiger partial charge is 0.0613 e. The lowest BCUT2D eigenvalue weighted by Gasteiger charge is -2.18. The quantitative estimate of drug-likeness (QED) is 0.686. The van der Waals surface area contributed by atoms with Crippen molar-refractivity contribution in [1.29, 1.82) is 0 Å². The minimum atomic E-state index is 1.12. The van der Waals surface area contributed by atoms with E-state index in [4.69, 9.17) is 0 Å². The molecule has 0 heteroatoms. The Morgan fingerprint density at radius 1 is 0.571 bits per heavy atom. The average molecular weight is 280 g/mol. The highest BCUT2D eigenvalue weighted by Crippen LogP contribution is 2.27. The van der Waals surface area contributed by atoms with Gasteiger partial charge in [0, 0.05) is 0 Å². The maximum absolute atomic E-state index is 2.29. The lowest BCUT2D eigenvalue weighted by Crippen LogP contribution is -2.04. The predicted octanol–water partition coefficient (Wildman–Crippen LogP) is 5.58. The van der Waals surface area contributed by atoms with Gasteiger partial charge in [-0.1, -0.05) is 31.2 Å². The molecule has 0 aliphatic rings. The van der Waals surface area contributed by atoms with Crippen LogP contribution in [0.25, 0.3) is 0 Å². The summed E-state index contributed by atoms with van der Waals surface area (Å²) in [5.41, 5.74) is 11.8. The number of hydrogen-bond donors (Lipinski definition) is 0. The van der Waals surface area contributed by atoms with Crippen molar-refractivity contribution in [2.24, 2.45) is 0 Å². The SMILES string of the molecule is CCc1ccc(CCc2c(C)c(C)c(C)c(C)c2C)cc1. The molecule has 2 rings (SSSR count). The van der Waals surface area contributed by atoms with Gasteiger partial charge in [0.05, 0.1) is 0 Å². The highest BCUT2D eigenvalue weighted by atomic mass is 14.2. The molecule has 0 fully saturated rings. The third-order valence-corrected chi connectivity index (χ3v) is 5.25. The zero-order chi connectivity index (χ0) is 15.6. The van der Waals surface area contributed by atoms with E-state index < -0.39 is 0 Å². The summed E-state index contributed by atoms with van der Waals surface area (Å²) in [6.07, 6.45) is 3.40. The van der Waals surface area contributed by atoms with Gasteiger partial charge in [0.1, 0.15) is 0 Å². The van der Waals surface area contributed by atoms with E-state index in [0.717, 1.165) is 19.3 Å². The van der Waals surface area contributed by atoms with Gasteiger partial charge in [-0.05, 0) is 98.4 Å². The van der Waals surface area contributed by atoms with Crippen molar-refractivity contribution in [3.8, 4) is 0 Å². The van der Waals surface area contributed by atoms with Crippen molar-refractivity contribution in [3.63, 3.8) is 0 Å². The Kier molecular flexibility index (Phi) is 4.88. The van der Waals surface area contributed by atoms with Crippen molar-refractivity contribution in [2.75, 3.05) is 0 Å². The van der Waals surface area contributed by atoms with Crippen LogP contribution in [0.3, 0.4) is 0 Å². The van der Waals surface area contributed by atoms with E-state index in [2.05, 4.69) is 65.8 Å². The molecule has 0 atom stereocenters. The van der Waals surface area contributed by atoms with E-state index in [1.165, 1.54) is 38.9 Å². The number of aryl methyl sites for hydroxylation is 2. The summed E-state index contributed by atoms with van der Waals surface area (Å²) < 4.78 is 0. The van der Waals surface area contributed by atoms with E-state index in [9.17, 15) is 0 Å². The lowest BCUT2D eigenvalue weighted by molar-refractivity contribution is 0.923. The summed E-state index contributed by atoms with van der Waals surface area (Å²) in [6, 6.07) is 9.11. The second kappa shape index (κ2) is 6.47. The summed E-state index contributed by atoms with van der Waals surface area (Å²) in [4.78, 5) is 0. The smallest absolute Gasteiger partial charge is 0.0233 e. The molecule has 0 aliphatic heterocycles. The van der Waals surface area contributed by atoms with Crippen molar-refractivity contribution >= 4 is 0 Å². The standard InChI is InChI=1S/C21H28/c1-7-19-8-10-20(11-9-19)12-13-21-17(5)15(3)14(2)16(4)18(21)6/h8-11H,7,12-13H2,1-6H3. The highest BCUT2D eigenvalue weighted by Gasteiger charge is 2.11. The van der Waals surface area contributed by atoms with Crippen molar-refractivity contribution in [3.05, 3.63) is 68.8 Å². The van der Waals surface area contributed by atoms with Gasteiger partial charge in [0.15, 0.2) is 0 Å². The minimum absolute atomic E-state index is 1.12. The molecule has 21 heavy (non-hydrogen) atoms. The molecule has 0 spiro atoms. The normalized spacial score (nSPS) is 11.0. The first kappa shape index (κ1) is 15.8. The third-order valence-electron chi connectivity index (χ3n) is 5.25. The molecular formula is C21H28. The molecule has 0 N–H and O–H groups in total. The Balaban J connectivity index is 2.23. The summed E-state index contributed by atoms with van der Waals surface area (Å²) in [5.74, 6) is 0.